The number of amides is 1. The van der Waals surface area contributed by atoms with Crippen LogP contribution in [0.25, 0.3) is 0 Å². The summed E-state index contributed by atoms with van der Waals surface area (Å²) in [6.07, 6.45) is 2.94. The van der Waals surface area contributed by atoms with Crippen molar-refractivity contribution in [3.05, 3.63) is 23.9 Å². The summed E-state index contributed by atoms with van der Waals surface area (Å²) >= 11 is 0. The summed E-state index contributed by atoms with van der Waals surface area (Å²) in [5.74, 6) is 2.22. The van der Waals surface area contributed by atoms with Gasteiger partial charge < -0.3 is 15.5 Å². The Morgan fingerprint density at radius 2 is 2.40 bits per heavy atom. The number of carbonyl (C=O) groups is 1. The van der Waals surface area contributed by atoms with Crippen LogP contribution in [-0.2, 0) is 0 Å². The van der Waals surface area contributed by atoms with E-state index in [2.05, 4.69) is 27.4 Å². The van der Waals surface area contributed by atoms with Gasteiger partial charge >= 0.3 is 0 Å². The largest absolute Gasteiger partial charge is 0.356 e. The van der Waals surface area contributed by atoms with Crippen molar-refractivity contribution in [2.45, 2.75) is 13.3 Å². The van der Waals surface area contributed by atoms with E-state index in [1.807, 2.05) is 6.07 Å². The molecule has 3 rings (SSSR count). The number of nitrogens with zero attached hydrogens (tertiary/aromatic N) is 2. The van der Waals surface area contributed by atoms with Gasteiger partial charge in [0.05, 0.1) is 0 Å². The molecule has 1 unspecified atom stereocenters. The lowest BCUT2D eigenvalue weighted by molar-refractivity contribution is 0.0942. The van der Waals surface area contributed by atoms with Crippen LogP contribution in [0, 0.1) is 11.8 Å². The Kier molecular flexibility index (Phi) is 3.87. The van der Waals surface area contributed by atoms with E-state index in [0.29, 0.717) is 17.4 Å². The van der Waals surface area contributed by atoms with Crippen molar-refractivity contribution in [1.82, 2.24) is 15.6 Å². The molecule has 2 aliphatic rings. The number of hydrogen-bond acceptors (Lipinski definition) is 4. The number of hydrogen-bond donors (Lipinski definition) is 2. The number of anilines is 1. The Hall–Kier alpha value is -1.62. The number of carbonyl (C=O) groups excluding carboxylic acids is 1. The Morgan fingerprint density at radius 1 is 1.55 bits per heavy atom. The molecule has 108 valence electrons. The smallest absolute Gasteiger partial charge is 0.251 e. The van der Waals surface area contributed by atoms with Crippen LogP contribution < -0.4 is 15.5 Å². The highest BCUT2D eigenvalue weighted by Gasteiger charge is 2.21. The fourth-order valence-corrected chi connectivity index (χ4v) is 2.71. The first-order valence-corrected chi connectivity index (χ1v) is 7.42. The Bertz CT molecular complexity index is 487. The maximum absolute atomic E-state index is 12.1. The molecule has 2 fully saturated rings. The predicted octanol–water partition coefficient (Wildman–Crippen LogP) is 0.877. The molecule has 20 heavy (non-hydrogen) atoms. The van der Waals surface area contributed by atoms with Crippen molar-refractivity contribution >= 4 is 11.7 Å². The Labute approximate surface area is 119 Å². The molecule has 5 heteroatoms. The number of pyridine rings is 1. The number of rotatable bonds is 4. The van der Waals surface area contributed by atoms with Gasteiger partial charge in [0.15, 0.2) is 0 Å². The van der Waals surface area contributed by atoms with E-state index in [4.69, 9.17) is 0 Å². The summed E-state index contributed by atoms with van der Waals surface area (Å²) in [4.78, 5) is 18.8. The molecular formula is C15H22N4O. The topological polar surface area (TPSA) is 57.3 Å². The highest BCUT2D eigenvalue weighted by atomic mass is 16.1. The molecule has 2 aliphatic heterocycles. The summed E-state index contributed by atoms with van der Waals surface area (Å²) in [5.41, 5.74) is 0.710. The third-order valence-corrected chi connectivity index (χ3v) is 4.17. The molecule has 1 amide bonds. The molecular weight excluding hydrogens is 252 g/mol. The SMILES string of the molecule is CC1CCN(c2cc(C(=O)NCC3CNC3)ccn2)C1. The van der Waals surface area contributed by atoms with Crippen LogP contribution >= 0.6 is 0 Å². The van der Waals surface area contributed by atoms with Gasteiger partial charge in [-0.05, 0) is 24.5 Å². The highest BCUT2D eigenvalue weighted by Crippen LogP contribution is 2.22. The zero-order chi connectivity index (χ0) is 13.9. The van der Waals surface area contributed by atoms with Gasteiger partial charge in [-0.1, -0.05) is 6.92 Å². The number of nitrogens with one attached hydrogen (secondary N) is 2. The van der Waals surface area contributed by atoms with Crippen LogP contribution in [0.4, 0.5) is 5.82 Å². The minimum atomic E-state index is 0.00722. The molecule has 2 N–H and O–H groups in total. The first-order valence-electron chi connectivity index (χ1n) is 7.42. The minimum absolute atomic E-state index is 0.00722. The van der Waals surface area contributed by atoms with E-state index < -0.39 is 0 Å². The van der Waals surface area contributed by atoms with Crippen molar-refractivity contribution in [2.75, 3.05) is 37.6 Å². The third-order valence-electron chi connectivity index (χ3n) is 4.17. The monoisotopic (exact) mass is 274 g/mol. The fraction of sp³-hybridized carbons (Fsp3) is 0.600. The maximum atomic E-state index is 12.1. The normalized spacial score (nSPS) is 22.6. The van der Waals surface area contributed by atoms with Gasteiger partial charge in [-0.15, -0.1) is 0 Å². The summed E-state index contributed by atoms with van der Waals surface area (Å²) in [6.45, 7) is 7.09. The lowest BCUT2D eigenvalue weighted by Crippen LogP contribution is -2.48. The maximum Gasteiger partial charge on any atom is 0.251 e. The van der Waals surface area contributed by atoms with Crippen LogP contribution in [0.15, 0.2) is 18.3 Å². The number of aromatic nitrogens is 1. The molecule has 1 aromatic rings. The van der Waals surface area contributed by atoms with Gasteiger partial charge in [0.25, 0.3) is 5.91 Å². The van der Waals surface area contributed by atoms with Gasteiger partial charge in [-0.2, -0.15) is 0 Å². The highest BCUT2D eigenvalue weighted by molar-refractivity contribution is 5.94. The van der Waals surface area contributed by atoms with Crippen LogP contribution in [0.2, 0.25) is 0 Å². The summed E-state index contributed by atoms with van der Waals surface area (Å²) in [6, 6.07) is 3.70. The second-order valence-corrected chi connectivity index (χ2v) is 5.98. The van der Waals surface area contributed by atoms with Gasteiger partial charge in [0.1, 0.15) is 5.82 Å². The van der Waals surface area contributed by atoms with Crippen molar-refractivity contribution in [2.24, 2.45) is 11.8 Å². The molecule has 0 spiro atoms. The molecule has 0 saturated carbocycles. The van der Waals surface area contributed by atoms with Crippen molar-refractivity contribution in [3.63, 3.8) is 0 Å². The van der Waals surface area contributed by atoms with E-state index in [1.54, 1.807) is 12.3 Å². The third kappa shape index (κ3) is 2.93. The van der Waals surface area contributed by atoms with E-state index in [-0.39, 0.29) is 5.91 Å². The molecule has 5 nitrogen and oxygen atoms in total. The molecule has 1 atom stereocenters. The van der Waals surface area contributed by atoms with Crippen LogP contribution in [-0.4, -0.2) is 43.6 Å². The molecule has 0 radical (unpaired) electrons. The van der Waals surface area contributed by atoms with Gasteiger partial charge in [-0.3, -0.25) is 4.79 Å². The standard InChI is InChI=1S/C15H22N4O/c1-11-3-5-19(10-11)14-6-13(2-4-17-14)15(20)18-9-12-7-16-8-12/h2,4,6,11-12,16H,3,5,7-10H2,1H3,(H,18,20). The second kappa shape index (κ2) is 5.79. The lowest BCUT2D eigenvalue weighted by Gasteiger charge is -2.27. The fourth-order valence-electron chi connectivity index (χ4n) is 2.71. The average Bonchev–Trinajstić information content (AvgIpc) is 2.84. The van der Waals surface area contributed by atoms with E-state index in [1.165, 1.54) is 6.42 Å². The van der Waals surface area contributed by atoms with E-state index in [0.717, 1.165) is 38.5 Å². The second-order valence-electron chi connectivity index (χ2n) is 5.98. The lowest BCUT2D eigenvalue weighted by atomic mass is 10.0. The molecule has 0 bridgehead atoms. The molecule has 0 aromatic carbocycles. The van der Waals surface area contributed by atoms with Gasteiger partial charge in [-0.25, -0.2) is 4.98 Å². The first kappa shape index (κ1) is 13.4. The van der Waals surface area contributed by atoms with Crippen molar-refractivity contribution in [3.8, 4) is 0 Å². The van der Waals surface area contributed by atoms with Crippen LogP contribution in [0.5, 0.6) is 0 Å². The summed E-state index contributed by atoms with van der Waals surface area (Å²) in [5, 5.41) is 6.21. The van der Waals surface area contributed by atoms with Crippen molar-refractivity contribution in [1.29, 1.82) is 0 Å². The molecule has 2 saturated heterocycles. The Morgan fingerprint density at radius 3 is 3.05 bits per heavy atom. The molecule has 0 aliphatic carbocycles. The minimum Gasteiger partial charge on any atom is -0.356 e. The molecule has 1 aromatic heterocycles. The zero-order valence-corrected chi connectivity index (χ0v) is 11.9. The van der Waals surface area contributed by atoms with Gasteiger partial charge in [0.2, 0.25) is 0 Å². The quantitative estimate of drug-likeness (QED) is 0.855. The average molecular weight is 274 g/mol. The van der Waals surface area contributed by atoms with Crippen LogP contribution in [0.3, 0.4) is 0 Å². The first-order chi connectivity index (χ1) is 9.72. The van der Waals surface area contributed by atoms with Gasteiger partial charge in [0, 0.05) is 50.4 Å². The van der Waals surface area contributed by atoms with E-state index in [9.17, 15) is 4.79 Å². The summed E-state index contributed by atoms with van der Waals surface area (Å²) in [7, 11) is 0. The predicted molar refractivity (Wildman–Crippen MR) is 78.9 cm³/mol. The summed E-state index contributed by atoms with van der Waals surface area (Å²) < 4.78 is 0. The van der Waals surface area contributed by atoms with E-state index >= 15 is 0 Å². The van der Waals surface area contributed by atoms with Crippen LogP contribution in [0.1, 0.15) is 23.7 Å². The zero-order valence-electron chi connectivity index (χ0n) is 11.9. The molecule has 3 heterocycles. The Balaban J connectivity index is 1.62. The van der Waals surface area contributed by atoms with Crippen molar-refractivity contribution < 1.29 is 4.79 Å².